The number of hydrogen-bond donors (Lipinski definition) is 0. The second-order valence-corrected chi connectivity index (χ2v) is 4.01. The molecule has 0 amide bonds. The Balaban J connectivity index is 2.39. The van der Waals surface area contributed by atoms with E-state index in [4.69, 9.17) is 4.74 Å². The van der Waals surface area contributed by atoms with E-state index in [1.165, 1.54) is 15.9 Å². The van der Waals surface area contributed by atoms with Gasteiger partial charge in [0.2, 0.25) is 0 Å². The van der Waals surface area contributed by atoms with Gasteiger partial charge in [0, 0.05) is 24.7 Å². The standard InChI is InChI=1S/C10H13NOS/c1-8-7-9-3-6-13-10(9)11(8)4-5-12-2/h3,6-7H,4-5H2,1-2H3. The molecule has 2 aromatic heterocycles. The highest BCUT2D eigenvalue weighted by atomic mass is 32.1. The fraction of sp³-hybridized carbons (Fsp3) is 0.400. The highest BCUT2D eigenvalue weighted by Gasteiger charge is 2.05. The third kappa shape index (κ3) is 1.49. The first kappa shape index (κ1) is 8.78. The van der Waals surface area contributed by atoms with Gasteiger partial charge < -0.3 is 9.30 Å². The summed E-state index contributed by atoms with van der Waals surface area (Å²) in [6.07, 6.45) is 0. The van der Waals surface area contributed by atoms with Gasteiger partial charge >= 0.3 is 0 Å². The van der Waals surface area contributed by atoms with Crippen LogP contribution in [0.3, 0.4) is 0 Å². The average Bonchev–Trinajstić information content (AvgIpc) is 2.62. The maximum atomic E-state index is 5.08. The molecule has 2 heterocycles. The van der Waals surface area contributed by atoms with E-state index in [0.717, 1.165) is 13.2 Å². The van der Waals surface area contributed by atoms with Gasteiger partial charge in [-0.1, -0.05) is 0 Å². The lowest BCUT2D eigenvalue weighted by atomic mass is 10.4. The summed E-state index contributed by atoms with van der Waals surface area (Å²) in [6, 6.07) is 4.39. The number of hydrogen-bond acceptors (Lipinski definition) is 2. The van der Waals surface area contributed by atoms with Crippen molar-refractivity contribution in [3.63, 3.8) is 0 Å². The Kier molecular flexibility index (Phi) is 2.38. The van der Waals surface area contributed by atoms with Gasteiger partial charge in [-0.05, 0) is 24.4 Å². The number of methoxy groups -OCH3 is 1. The summed E-state index contributed by atoms with van der Waals surface area (Å²) in [7, 11) is 1.74. The number of nitrogens with zero attached hydrogens (tertiary/aromatic N) is 1. The predicted molar refractivity (Wildman–Crippen MR) is 56.4 cm³/mol. The van der Waals surface area contributed by atoms with E-state index in [0.29, 0.717) is 0 Å². The van der Waals surface area contributed by atoms with Crippen LogP contribution in [0.25, 0.3) is 10.2 Å². The second kappa shape index (κ2) is 3.52. The van der Waals surface area contributed by atoms with Crippen molar-refractivity contribution in [1.82, 2.24) is 4.57 Å². The summed E-state index contributed by atoms with van der Waals surface area (Å²) < 4.78 is 7.39. The summed E-state index contributed by atoms with van der Waals surface area (Å²) in [5, 5.41) is 3.48. The van der Waals surface area contributed by atoms with Crippen molar-refractivity contribution in [1.29, 1.82) is 0 Å². The third-order valence-electron chi connectivity index (χ3n) is 2.23. The highest BCUT2D eigenvalue weighted by Crippen LogP contribution is 2.24. The van der Waals surface area contributed by atoms with Gasteiger partial charge in [-0.25, -0.2) is 0 Å². The minimum atomic E-state index is 0.780. The molecule has 2 aromatic rings. The van der Waals surface area contributed by atoms with Crippen molar-refractivity contribution >= 4 is 21.6 Å². The lowest BCUT2D eigenvalue weighted by molar-refractivity contribution is 0.188. The molecule has 0 spiro atoms. The first-order chi connectivity index (χ1) is 6.33. The van der Waals surface area contributed by atoms with E-state index in [1.807, 2.05) is 0 Å². The average molecular weight is 195 g/mol. The molecule has 0 saturated carbocycles. The van der Waals surface area contributed by atoms with Crippen molar-refractivity contribution in [2.45, 2.75) is 13.5 Å². The molecular formula is C10H13NOS. The van der Waals surface area contributed by atoms with Gasteiger partial charge in [-0.3, -0.25) is 0 Å². The van der Waals surface area contributed by atoms with Crippen molar-refractivity contribution in [2.24, 2.45) is 0 Å². The quantitative estimate of drug-likeness (QED) is 0.734. The van der Waals surface area contributed by atoms with Gasteiger partial charge in [0.05, 0.1) is 6.61 Å². The smallest absolute Gasteiger partial charge is 0.103 e. The molecule has 2 rings (SSSR count). The Labute approximate surface area is 81.7 Å². The molecule has 0 radical (unpaired) electrons. The Bertz CT molecular complexity index is 402. The van der Waals surface area contributed by atoms with Crippen LogP contribution in [0, 0.1) is 6.92 Å². The molecule has 0 unspecified atom stereocenters. The minimum Gasteiger partial charge on any atom is -0.383 e. The third-order valence-corrected chi connectivity index (χ3v) is 3.18. The zero-order valence-corrected chi connectivity index (χ0v) is 8.73. The first-order valence-electron chi connectivity index (χ1n) is 4.35. The molecule has 0 bridgehead atoms. The molecule has 0 aliphatic rings. The van der Waals surface area contributed by atoms with Crippen LogP contribution in [-0.4, -0.2) is 18.3 Å². The van der Waals surface area contributed by atoms with Crippen molar-refractivity contribution in [2.75, 3.05) is 13.7 Å². The maximum Gasteiger partial charge on any atom is 0.103 e. The Morgan fingerprint density at radius 3 is 3.15 bits per heavy atom. The van der Waals surface area contributed by atoms with E-state index in [1.54, 1.807) is 18.4 Å². The lowest BCUT2D eigenvalue weighted by Crippen LogP contribution is -2.04. The molecule has 0 aliphatic heterocycles. The van der Waals surface area contributed by atoms with Gasteiger partial charge in [-0.2, -0.15) is 0 Å². The van der Waals surface area contributed by atoms with E-state index < -0.39 is 0 Å². The lowest BCUT2D eigenvalue weighted by Gasteiger charge is -2.05. The Morgan fingerprint density at radius 1 is 1.54 bits per heavy atom. The summed E-state index contributed by atoms with van der Waals surface area (Å²) >= 11 is 1.79. The summed E-state index contributed by atoms with van der Waals surface area (Å²) in [5.41, 5.74) is 1.32. The summed E-state index contributed by atoms with van der Waals surface area (Å²) in [5.74, 6) is 0. The van der Waals surface area contributed by atoms with Crippen LogP contribution in [0.4, 0.5) is 0 Å². The zero-order chi connectivity index (χ0) is 9.26. The topological polar surface area (TPSA) is 14.2 Å². The van der Waals surface area contributed by atoms with E-state index >= 15 is 0 Å². The first-order valence-corrected chi connectivity index (χ1v) is 5.23. The number of fused-ring (bicyclic) bond motifs is 1. The fourth-order valence-electron chi connectivity index (χ4n) is 1.56. The number of ether oxygens (including phenoxy) is 1. The molecule has 0 aromatic carbocycles. The molecule has 13 heavy (non-hydrogen) atoms. The van der Waals surface area contributed by atoms with Gasteiger partial charge in [-0.15, -0.1) is 11.3 Å². The van der Waals surface area contributed by atoms with Gasteiger partial charge in [0.25, 0.3) is 0 Å². The van der Waals surface area contributed by atoms with Gasteiger partial charge in [0.15, 0.2) is 0 Å². The van der Waals surface area contributed by atoms with E-state index in [2.05, 4.69) is 29.0 Å². The van der Waals surface area contributed by atoms with Crippen LogP contribution in [0.5, 0.6) is 0 Å². The number of thiophene rings is 1. The Morgan fingerprint density at radius 2 is 2.38 bits per heavy atom. The molecular weight excluding hydrogens is 182 g/mol. The normalized spacial score (nSPS) is 11.2. The molecule has 0 fully saturated rings. The second-order valence-electron chi connectivity index (χ2n) is 3.11. The van der Waals surface area contributed by atoms with Crippen LogP contribution in [0.1, 0.15) is 5.69 Å². The van der Waals surface area contributed by atoms with Crippen LogP contribution < -0.4 is 0 Å². The largest absolute Gasteiger partial charge is 0.383 e. The van der Waals surface area contributed by atoms with Gasteiger partial charge in [0.1, 0.15) is 4.83 Å². The highest BCUT2D eigenvalue weighted by molar-refractivity contribution is 7.16. The molecule has 2 nitrogen and oxygen atoms in total. The molecule has 0 atom stereocenters. The minimum absolute atomic E-state index is 0.780. The Hall–Kier alpha value is -0.800. The van der Waals surface area contributed by atoms with E-state index in [9.17, 15) is 0 Å². The van der Waals surface area contributed by atoms with Crippen molar-refractivity contribution < 1.29 is 4.74 Å². The molecule has 0 N–H and O–H groups in total. The molecule has 0 aliphatic carbocycles. The van der Waals surface area contributed by atoms with Crippen LogP contribution in [0.15, 0.2) is 17.5 Å². The van der Waals surface area contributed by atoms with Crippen LogP contribution >= 0.6 is 11.3 Å². The van der Waals surface area contributed by atoms with Crippen molar-refractivity contribution in [3.8, 4) is 0 Å². The molecule has 70 valence electrons. The van der Waals surface area contributed by atoms with Crippen LogP contribution in [-0.2, 0) is 11.3 Å². The number of aryl methyl sites for hydroxylation is 1. The predicted octanol–water partition coefficient (Wildman–Crippen LogP) is 2.66. The fourth-order valence-corrected chi connectivity index (χ4v) is 2.53. The van der Waals surface area contributed by atoms with Crippen molar-refractivity contribution in [3.05, 3.63) is 23.2 Å². The zero-order valence-electron chi connectivity index (χ0n) is 7.91. The van der Waals surface area contributed by atoms with E-state index in [-0.39, 0.29) is 0 Å². The molecule has 0 saturated heterocycles. The number of aromatic nitrogens is 1. The summed E-state index contributed by atoms with van der Waals surface area (Å²) in [4.78, 5) is 1.36. The van der Waals surface area contributed by atoms with Crippen LogP contribution in [0.2, 0.25) is 0 Å². The SMILES string of the molecule is COCCn1c(C)cc2ccsc21. The molecule has 3 heteroatoms. The number of rotatable bonds is 3. The summed E-state index contributed by atoms with van der Waals surface area (Å²) in [6.45, 7) is 3.87. The monoisotopic (exact) mass is 195 g/mol. The maximum absolute atomic E-state index is 5.08.